The normalized spacial score (nSPS) is 11.3. The number of aromatic nitrogens is 1. The topological polar surface area (TPSA) is 75.8 Å². The number of nitrogens with one attached hydrogen (secondary N) is 1. The number of hydrazone groups is 1. The Labute approximate surface area is 164 Å². The Morgan fingerprint density at radius 3 is 2.68 bits per heavy atom. The van der Waals surface area contributed by atoms with Gasteiger partial charge in [0.25, 0.3) is 5.91 Å². The molecule has 6 heteroatoms. The number of aliphatic hydroxyl groups is 1. The van der Waals surface area contributed by atoms with Gasteiger partial charge in [-0.2, -0.15) is 5.10 Å². The molecule has 0 atom stereocenters. The van der Waals surface area contributed by atoms with Gasteiger partial charge in [-0.1, -0.05) is 29.8 Å². The number of rotatable bonds is 7. The van der Waals surface area contributed by atoms with Crippen molar-refractivity contribution in [3.63, 3.8) is 0 Å². The van der Waals surface area contributed by atoms with E-state index < -0.39 is 0 Å². The third-order valence-corrected chi connectivity index (χ3v) is 4.53. The highest BCUT2D eigenvalue weighted by Crippen LogP contribution is 2.24. The summed E-state index contributed by atoms with van der Waals surface area (Å²) in [7, 11) is 0. The Hall–Kier alpha value is -3.12. The lowest BCUT2D eigenvalue weighted by Gasteiger charge is -2.12. The summed E-state index contributed by atoms with van der Waals surface area (Å²) >= 11 is 0. The van der Waals surface area contributed by atoms with Crippen LogP contribution in [0, 0.1) is 20.8 Å². The molecule has 0 unspecified atom stereocenters. The van der Waals surface area contributed by atoms with Crippen molar-refractivity contribution in [1.82, 2.24) is 9.99 Å². The number of aliphatic hydroxyl groups excluding tert-OH is 1. The molecule has 0 aliphatic rings. The Balaban J connectivity index is 1.62. The molecular weight excluding hydrogens is 354 g/mol. The first-order valence-corrected chi connectivity index (χ1v) is 9.21. The van der Waals surface area contributed by atoms with Crippen LogP contribution >= 0.6 is 0 Å². The van der Waals surface area contributed by atoms with Crippen molar-refractivity contribution in [2.45, 2.75) is 27.3 Å². The zero-order valence-corrected chi connectivity index (χ0v) is 16.4. The number of nitrogens with zero attached hydrogens (tertiary/aromatic N) is 2. The summed E-state index contributed by atoms with van der Waals surface area (Å²) in [6.07, 6.45) is 3.54. The number of carbonyl (C=O) groups excluding carboxylic acids is 1. The second-order valence-corrected chi connectivity index (χ2v) is 6.82. The molecule has 0 radical (unpaired) electrons. The Morgan fingerprint density at radius 1 is 1.21 bits per heavy atom. The highest BCUT2D eigenvalue weighted by molar-refractivity contribution is 5.99. The van der Waals surface area contributed by atoms with Crippen LogP contribution in [0.4, 0.5) is 0 Å². The molecule has 0 aliphatic heterocycles. The Kier molecular flexibility index (Phi) is 6.11. The fraction of sp³-hybridized carbons (Fsp3) is 0.273. The smallest absolute Gasteiger partial charge is 0.277 e. The Morgan fingerprint density at radius 2 is 1.96 bits per heavy atom. The van der Waals surface area contributed by atoms with Gasteiger partial charge < -0.3 is 14.4 Å². The molecule has 1 aromatic heterocycles. The van der Waals surface area contributed by atoms with E-state index in [1.807, 2.05) is 67.9 Å². The maximum atomic E-state index is 12.1. The largest absolute Gasteiger partial charge is 0.483 e. The summed E-state index contributed by atoms with van der Waals surface area (Å²) in [5.41, 5.74) is 7.59. The minimum atomic E-state index is -0.319. The maximum absolute atomic E-state index is 12.1. The van der Waals surface area contributed by atoms with Crippen LogP contribution in [-0.4, -0.2) is 35.0 Å². The lowest BCUT2D eigenvalue weighted by Crippen LogP contribution is -2.25. The molecule has 2 aromatic carbocycles. The summed E-state index contributed by atoms with van der Waals surface area (Å²) in [6, 6.07) is 11.9. The van der Waals surface area contributed by atoms with Crippen LogP contribution in [-0.2, 0) is 11.3 Å². The van der Waals surface area contributed by atoms with Gasteiger partial charge in [0.1, 0.15) is 5.75 Å². The number of aryl methyl sites for hydroxylation is 3. The fourth-order valence-corrected chi connectivity index (χ4v) is 3.40. The van der Waals surface area contributed by atoms with Gasteiger partial charge in [-0.25, -0.2) is 5.43 Å². The third-order valence-electron chi connectivity index (χ3n) is 4.53. The van der Waals surface area contributed by atoms with Gasteiger partial charge in [0.15, 0.2) is 6.61 Å². The van der Waals surface area contributed by atoms with Crippen molar-refractivity contribution < 1.29 is 14.6 Å². The molecule has 0 saturated heterocycles. The molecule has 3 rings (SSSR count). The lowest BCUT2D eigenvalue weighted by atomic mass is 10.1. The second-order valence-electron chi connectivity index (χ2n) is 6.82. The molecule has 28 heavy (non-hydrogen) atoms. The minimum Gasteiger partial charge on any atom is -0.483 e. The molecular formula is C22H25N3O3. The summed E-state index contributed by atoms with van der Waals surface area (Å²) in [6.45, 7) is 6.49. The highest BCUT2D eigenvalue weighted by Gasteiger charge is 2.08. The number of carbonyl (C=O) groups is 1. The zero-order chi connectivity index (χ0) is 20.1. The maximum Gasteiger partial charge on any atom is 0.277 e. The zero-order valence-electron chi connectivity index (χ0n) is 16.4. The predicted molar refractivity (Wildman–Crippen MR) is 111 cm³/mol. The first kappa shape index (κ1) is 19.6. The SMILES string of the molecule is Cc1cc(C)c(OCC(=O)NN=Cc2cccc3c2ccn3CCO)c(C)c1. The number of hydrogen-bond donors (Lipinski definition) is 2. The number of benzene rings is 2. The van der Waals surface area contributed by atoms with E-state index in [0.29, 0.717) is 6.54 Å². The van der Waals surface area contributed by atoms with Gasteiger partial charge in [0, 0.05) is 29.2 Å². The van der Waals surface area contributed by atoms with Crippen LogP contribution in [0.3, 0.4) is 0 Å². The molecule has 0 bridgehead atoms. The van der Waals surface area contributed by atoms with Crippen LogP contribution in [0.2, 0.25) is 0 Å². The van der Waals surface area contributed by atoms with Crippen LogP contribution in [0.1, 0.15) is 22.3 Å². The van der Waals surface area contributed by atoms with Gasteiger partial charge in [-0.05, 0) is 44.0 Å². The molecule has 0 spiro atoms. The van der Waals surface area contributed by atoms with E-state index in [0.717, 1.165) is 33.3 Å². The van der Waals surface area contributed by atoms with Crippen molar-refractivity contribution >= 4 is 23.0 Å². The summed E-state index contributed by atoms with van der Waals surface area (Å²) in [5.74, 6) is 0.417. The quantitative estimate of drug-likeness (QED) is 0.489. The molecule has 6 nitrogen and oxygen atoms in total. The standard InChI is InChI=1S/C22H25N3O3/c1-15-11-16(2)22(17(3)12-15)28-14-21(27)24-23-13-18-5-4-6-20-19(18)7-8-25(20)9-10-26/h4-8,11-13,26H,9-10,14H2,1-3H3,(H,24,27). The number of hydrogen-bond acceptors (Lipinski definition) is 4. The van der Waals surface area contributed by atoms with Crippen LogP contribution in [0.25, 0.3) is 10.9 Å². The number of amides is 1. The van der Waals surface area contributed by atoms with E-state index in [-0.39, 0.29) is 19.1 Å². The van der Waals surface area contributed by atoms with Gasteiger partial charge in [-0.3, -0.25) is 4.79 Å². The van der Waals surface area contributed by atoms with Crippen LogP contribution in [0.5, 0.6) is 5.75 Å². The average molecular weight is 379 g/mol. The third kappa shape index (κ3) is 4.40. The van der Waals surface area contributed by atoms with E-state index in [9.17, 15) is 4.79 Å². The van der Waals surface area contributed by atoms with E-state index >= 15 is 0 Å². The average Bonchev–Trinajstić information content (AvgIpc) is 3.05. The first-order valence-electron chi connectivity index (χ1n) is 9.21. The van der Waals surface area contributed by atoms with E-state index in [4.69, 9.17) is 9.84 Å². The monoisotopic (exact) mass is 379 g/mol. The van der Waals surface area contributed by atoms with Gasteiger partial charge >= 0.3 is 0 Å². The second kappa shape index (κ2) is 8.71. The molecule has 0 aliphatic carbocycles. The van der Waals surface area contributed by atoms with E-state index in [2.05, 4.69) is 10.5 Å². The van der Waals surface area contributed by atoms with E-state index in [1.165, 1.54) is 5.56 Å². The molecule has 2 N–H and O–H groups in total. The molecule has 1 heterocycles. The van der Waals surface area contributed by atoms with Crippen molar-refractivity contribution in [2.75, 3.05) is 13.2 Å². The summed E-state index contributed by atoms with van der Waals surface area (Å²) < 4.78 is 7.65. The molecule has 3 aromatic rings. The van der Waals surface area contributed by atoms with Gasteiger partial charge in [-0.15, -0.1) is 0 Å². The van der Waals surface area contributed by atoms with E-state index in [1.54, 1.807) is 6.21 Å². The van der Waals surface area contributed by atoms with Crippen LogP contribution < -0.4 is 10.2 Å². The number of ether oxygens (including phenoxy) is 1. The molecule has 0 fully saturated rings. The highest BCUT2D eigenvalue weighted by atomic mass is 16.5. The van der Waals surface area contributed by atoms with Crippen molar-refractivity contribution in [3.05, 3.63) is 64.8 Å². The Bertz CT molecular complexity index is 998. The molecule has 146 valence electrons. The fourth-order valence-electron chi connectivity index (χ4n) is 3.40. The molecule has 1 amide bonds. The van der Waals surface area contributed by atoms with Crippen molar-refractivity contribution in [3.8, 4) is 5.75 Å². The molecule has 0 saturated carbocycles. The number of fused-ring (bicyclic) bond motifs is 1. The first-order chi connectivity index (χ1) is 13.5. The van der Waals surface area contributed by atoms with Crippen molar-refractivity contribution in [1.29, 1.82) is 0 Å². The summed E-state index contributed by atoms with van der Waals surface area (Å²) in [5, 5.41) is 14.2. The predicted octanol–water partition coefficient (Wildman–Crippen LogP) is 3.09. The van der Waals surface area contributed by atoms with Crippen LogP contribution in [0.15, 0.2) is 47.7 Å². The van der Waals surface area contributed by atoms with Gasteiger partial charge in [0.05, 0.1) is 12.8 Å². The summed E-state index contributed by atoms with van der Waals surface area (Å²) in [4.78, 5) is 12.1. The minimum absolute atomic E-state index is 0.0814. The van der Waals surface area contributed by atoms with Crippen molar-refractivity contribution in [2.24, 2.45) is 5.10 Å². The lowest BCUT2D eigenvalue weighted by molar-refractivity contribution is -0.123. The van der Waals surface area contributed by atoms with Gasteiger partial charge in [0.2, 0.25) is 0 Å².